The first-order valence-electron chi connectivity index (χ1n) is 6.82. The molecule has 0 saturated heterocycles. The molecule has 8 heteroatoms. The molecule has 0 radical (unpaired) electrons. The number of fused-ring (bicyclic) bond motifs is 1. The maximum atomic E-state index is 12.1. The second-order valence-electron chi connectivity index (χ2n) is 4.84. The van der Waals surface area contributed by atoms with Crippen LogP contribution in [0.1, 0.15) is 5.56 Å². The summed E-state index contributed by atoms with van der Waals surface area (Å²) in [5.41, 5.74) is 1.64. The minimum absolute atomic E-state index is 0.0805. The van der Waals surface area contributed by atoms with Gasteiger partial charge < -0.3 is 13.9 Å². The number of carbonyl (C=O) groups excluding carboxylic acids is 1. The van der Waals surface area contributed by atoms with Crippen LogP contribution >= 0.6 is 11.3 Å². The van der Waals surface area contributed by atoms with Crippen LogP contribution in [-0.2, 0) is 11.2 Å². The smallest absolute Gasteiger partial charge is 0.322 e. The Labute approximate surface area is 134 Å². The maximum Gasteiger partial charge on any atom is 0.322 e. The van der Waals surface area contributed by atoms with E-state index in [1.54, 1.807) is 12.1 Å². The summed E-state index contributed by atoms with van der Waals surface area (Å²) >= 11 is 1.53. The maximum absolute atomic E-state index is 12.1. The van der Waals surface area contributed by atoms with Crippen LogP contribution in [0.3, 0.4) is 0 Å². The van der Waals surface area contributed by atoms with E-state index in [1.807, 2.05) is 22.9 Å². The molecule has 0 atom stereocenters. The number of anilines is 1. The Bertz CT molecular complexity index is 844. The summed E-state index contributed by atoms with van der Waals surface area (Å²) in [7, 11) is 0. The predicted octanol–water partition coefficient (Wildman–Crippen LogP) is 2.71. The second kappa shape index (κ2) is 5.73. The number of hydrogen-bond donors (Lipinski definition) is 1. The largest absolute Gasteiger partial charge is 0.454 e. The van der Waals surface area contributed by atoms with Crippen LogP contribution in [0.15, 0.2) is 39.4 Å². The molecule has 23 heavy (non-hydrogen) atoms. The molecule has 2 aromatic heterocycles. The van der Waals surface area contributed by atoms with Crippen molar-refractivity contribution in [3.8, 4) is 23.0 Å². The Morgan fingerprint density at radius 1 is 1.22 bits per heavy atom. The molecule has 3 aromatic rings. The number of ether oxygens (including phenoxy) is 2. The third kappa shape index (κ3) is 2.88. The predicted molar refractivity (Wildman–Crippen MR) is 82.5 cm³/mol. The second-order valence-corrected chi connectivity index (χ2v) is 5.62. The summed E-state index contributed by atoms with van der Waals surface area (Å²) in [6.45, 7) is 0.207. The zero-order chi connectivity index (χ0) is 15.6. The molecule has 1 aliphatic rings. The van der Waals surface area contributed by atoms with E-state index in [2.05, 4.69) is 15.5 Å². The lowest BCUT2D eigenvalue weighted by atomic mass is 10.1. The highest BCUT2D eigenvalue weighted by Gasteiger charge is 2.16. The van der Waals surface area contributed by atoms with E-state index < -0.39 is 0 Å². The van der Waals surface area contributed by atoms with E-state index in [4.69, 9.17) is 13.9 Å². The summed E-state index contributed by atoms with van der Waals surface area (Å²) in [6.07, 6.45) is 0.173. The van der Waals surface area contributed by atoms with Gasteiger partial charge in [0.1, 0.15) is 0 Å². The minimum atomic E-state index is -0.246. The van der Waals surface area contributed by atoms with Crippen LogP contribution in [0.2, 0.25) is 0 Å². The van der Waals surface area contributed by atoms with Crippen molar-refractivity contribution in [2.45, 2.75) is 6.42 Å². The van der Waals surface area contributed by atoms with E-state index in [0.29, 0.717) is 17.4 Å². The molecular weight excluding hydrogens is 318 g/mol. The van der Waals surface area contributed by atoms with E-state index >= 15 is 0 Å². The lowest BCUT2D eigenvalue weighted by Gasteiger charge is -2.02. The van der Waals surface area contributed by atoms with Gasteiger partial charge in [0, 0.05) is 10.9 Å². The summed E-state index contributed by atoms with van der Waals surface area (Å²) < 4.78 is 15.9. The van der Waals surface area contributed by atoms with Gasteiger partial charge in [-0.05, 0) is 29.1 Å². The fourth-order valence-electron chi connectivity index (χ4n) is 2.18. The highest BCUT2D eigenvalue weighted by atomic mass is 32.1. The molecule has 1 aromatic carbocycles. The van der Waals surface area contributed by atoms with Crippen LogP contribution in [0, 0.1) is 0 Å². The normalized spacial score (nSPS) is 12.3. The van der Waals surface area contributed by atoms with Gasteiger partial charge in [-0.15, -0.1) is 5.10 Å². The number of nitrogens with zero attached hydrogens (tertiary/aromatic N) is 2. The van der Waals surface area contributed by atoms with Crippen molar-refractivity contribution in [3.05, 3.63) is 40.6 Å². The highest BCUT2D eigenvalue weighted by Crippen LogP contribution is 2.32. The molecule has 7 nitrogen and oxygen atoms in total. The summed E-state index contributed by atoms with van der Waals surface area (Å²) in [6, 6.07) is 7.34. The van der Waals surface area contributed by atoms with E-state index in [0.717, 1.165) is 11.1 Å². The summed E-state index contributed by atoms with van der Waals surface area (Å²) in [5.74, 6) is 1.47. The fourth-order valence-corrected chi connectivity index (χ4v) is 2.81. The molecule has 1 amide bonds. The number of benzene rings is 1. The SMILES string of the molecule is O=C(Cc1ccc2c(c1)OCO2)Nc1nnc(-c2ccsc2)o1. The summed E-state index contributed by atoms with van der Waals surface area (Å²) in [5, 5.41) is 14.1. The summed E-state index contributed by atoms with van der Waals surface area (Å²) in [4.78, 5) is 12.1. The van der Waals surface area contributed by atoms with Crippen molar-refractivity contribution in [3.63, 3.8) is 0 Å². The number of nitrogens with one attached hydrogen (secondary N) is 1. The van der Waals surface area contributed by atoms with Gasteiger partial charge in [-0.2, -0.15) is 11.3 Å². The van der Waals surface area contributed by atoms with Crippen LogP contribution in [0.5, 0.6) is 11.5 Å². The third-order valence-corrected chi connectivity index (χ3v) is 3.92. The van der Waals surface area contributed by atoms with E-state index in [-0.39, 0.29) is 25.1 Å². The molecule has 0 fully saturated rings. The molecule has 1 N–H and O–H groups in total. The Morgan fingerprint density at radius 3 is 3.00 bits per heavy atom. The minimum Gasteiger partial charge on any atom is -0.454 e. The van der Waals surface area contributed by atoms with Crippen LogP contribution in [0.4, 0.5) is 6.01 Å². The van der Waals surface area contributed by atoms with E-state index in [9.17, 15) is 4.79 Å². The molecule has 0 unspecified atom stereocenters. The van der Waals surface area contributed by atoms with Crippen molar-refractivity contribution in [1.82, 2.24) is 10.2 Å². The number of thiophene rings is 1. The van der Waals surface area contributed by atoms with Gasteiger partial charge >= 0.3 is 6.01 Å². The van der Waals surface area contributed by atoms with Gasteiger partial charge in [0.15, 0.2) is 11.5 Å². The first-order chi connectivity index (χ1) is 11.3. The van der Waals surface area contributed by atoms with Crippen molar-refractivity contribution < 1.29 is 18.7 Å². The van der Waals surface area contributed by atoms with Gasteiger partial charge in [0.25, 0.3) is 5.89 Å². The molecule has 0 bridgehead atoms. The molecule has 0 saturated carbocycles. The van der Waals surface area contributed by atoms with Crippen LogP contribution in [0.25, 0.3) is 11.5 Å². The number of aromatic nitrogens is 2. The molecule has 4 rings (SSSR count). The van der Waals surface area contributed by atoms with Crippen molar-refractivity contribution in [2.24, 2.45) is 0 Å². The van der Waals surface area contributed by atoms with Gasteiger partial charge in [-0.25, -0.2) is 0 Å². The molecule has 116 valence electrons. The van der Waals surface area contributed by atoms with Gasteiger partial charge in [0.05, 0.1) is 6.42 Å². The highest BCUT2D eigenvalue weighted by molar-refractivity contribution is 7.08. The Kier molecular flexibility index (Phi) is 3.43. The number of amides is 1. The molecule has 1 aliphatic heterocycles. The lowest BCUT2D eigenvalue weighted by Crippen LogP contribution is -2.14. The Hall–Kier alpha value is -2.87. The number of rotatable bonds is 4. The monoisotopic (exact) mass is 329 g/mol. The van der Waals surface area contributed by atoms with Gasteiger partial charge in [0.2, 0.25) is 12.7 Å². The number of hydrogen-bond acceptors (Lipinski definition) is 7. The van der Waals surface area contributed by atoms with Gasteiger partial charge in [-0.1, -0.05) is 11.2 Å². The first kappa shape index (κ1) is 13.8. The quantitative estimate of drug-likeness (QED) is 0.792. The molecule has 0 spiro atoms. The van der Waals surface area contributed by atoms with Crippen LogP contribution < -0.4 is 14.8 Å². The van der Waals surface area contributed by atoms with Crippen LogP contribution in [-0.4, -0.2) is 22.9 Å². The third-order valence-electron chi connectivity index (χ3n) is 3.24. The van der Waals surface area contributed by atoms with Gasteiger partial charge in [-0.3, -0.25) is 10.1 Å². The molecular formula is C15H11N3O4S. The molecule has 0 aliphatic carbocycles. The van der Waals surface area contributed by atoms with Crippen molar-refractivity contribution >= 4 is 23.3 Å². The topological polar surface area (TPSA) is 86.5 Å². The number of carbonyl (C=O) groups is 1. The Morgan fingerprint density at radius 2 is 2.13 bits per heavy atom. The van der Waals surface area contributed by atoms with Crippen molar-refractivity contribution in [2.75, 3.05) is 12.1 Å². The average molecular weight is 329 g/mol. The Balaban J connectivity index is 1.42. The van der Waals surface area contributed by atoms with Crippen molar-refractivity contribution in [1.29, 1.82) is 0 Å². The standard InChI is InChI=1S/C15H11N3O4S/c19-13(6-9-1-2-11-12(5-9)21-8-20-11)16-15-18-17-14(22-15)10-3-4-23-7-10/h1-5,7H,6,8H2,(H,16,18,19). The average Bonchev–Trinajstić information content (AvgIpc) is 3.27. The fraction of sp³-hybridized carbons (Fsp3) is 0.133. The zero-order valence-electron chi connectivity index (χ0n) is 11.8. The first-order valence-corrected chi connectivity index (χ1v) is 7.77. The zero-order valence-corrected chi connectivity index (χ0v) is 12.6. The van der Waals surface area contributed by atoms with E-state index in [1.165, 1.54) is 11.3 Å². The lowest BCUT2D eigenvalue weighted by molar-refractivity contribution is -0.115. The molecule has 3 heterocycles.